The Hall–Kier alpha value is -3.74. The predicted molar refractivity (Wildman–Crippen MR) is 132 cm³/mol. The van der Waals surface area contributed by atoms with E-state index >= 15 is 0 Å². The minimum absolute atomic E-state index is 0.00588. The maximum absolute atomic E-state index is 13.8. The molecule has 2 aromatic rings. The van der Waals surface area contributed by atoms with Gasteiger partial charge in [-0.3, -0.25) is 4.79 Å². The molecule has 2 aliphatic rings. The topological polar surface area (TPSA) is 83.1 Å². The number of benzene rings is 2. The van der Waals surface area contributed by atoms with Crippen molar-refractivity contribution in [3.05, 3.63) is 76.1 Å². The van der Waals surface area contributed by atoms with Gasteiger partial charge in [-0.15, -0.1) is 0 Å². The van der Waals surface area contributed by atoms with Crippen LogP contribution in [-0.4, -0.2) is 39.7 Å². The Morgan fingerprint density at radius 3 is 2.43 bits per heavy atom. The third-order valence-electron chi connectivity index (χ3n) is 6.64. The second-order valence-electron chi connectivity index (χ2n) is 8.62. The lowest BCUT2D eigenvalue weighted by molar-refractivity contribution is -0.138. The summed E-state index contributed by atoms with van der Waals surface area (Å²) in [4.78, 5) is 26.9. The molecule has 0 saturated carbocycles. The van der Waals surface area contributed by atoms with Crippen LogP contribution in [0.15, 0.2) is 65.0 Å². The van der Waals surface area contributed by atoms with E-state index in [9.17, 15) is 9.59 Å². The van der Waals surface area contributed by atoms with Crippen molar-refractivity contribution in [2.45, 2.75) is 38.5 Å². The number of rotatable bonds is 7. The molecule has 184 valence electrons. The Morgan fingerprint density at radius 1 is 1.00 bits per heavy atom. The highest BCUT2D eigenvalue weighted by atomic mass is 16.5. The van der Waals surface area contributed by atoms with E-state index in [-0.39, 0.29) is 18.3 Å². The lowest BCUT2D eigenvalue weighted by atomic mass is 9.71. The number of allylic oxidation sites excluding steroid dienone is 3. The SMILES string of the molecule is CCOC(=O)C1=C(C)NC2=C(C(=O)CC(c3cccc(OC)c3)C2)C1c1cc(OC)ccc1OC. The van der Waals surface area contributed by atoms with E-state index in [2.05, 4.69) is 5.32 Å². The molecule has 1 heterocycles. The number of esters is 1. The molecular formula is C28H31NO6. The zero-order valence-electron chi connectivity index (χ0n) is 20.8. The molecular weight excluding hydrogens is 446 g/mol. The zero-order chi connectivity index (χ0) is 25.1. The van der Waals surface area contributed by atoms with E-state index in [4.69, 9.17) is 18.9 Å². The number of hydrogen-bond donors (Lipinski definition) is 1. The van der Waals surface area contributed by atoms with Crippen LogP contribution in [0.25, 0.3) is 0 Å². The summed E-state index contributed by atoms with van der Waals surface area (Å²) in [7, 11) is 4.78. The number of dihydropyridines is 1. The van der Waals surface area contributed by atoms with Gasteiger partial charge in [0.15, 0.2) is 5.78 Å². The van der Waals surface area contributed by atoms with Crippen molar-refractivity contribution < 1.29 is 28.5 Å². The summed E-state index contributed by atoms with van der Waals surface area (Å²) in [5.41, 5.74) is 4.19. The summed E-state index contributed by atoms with van der Waals surface area (Å²) in [6, 6.07) is 13.2. The van der Waals surface area contributed by atoms with Gasteiger partial charge in [0.25, 0.3) is 0 Å². The molecule has 2 atom stereocenters. The molecule has 0 spiro atoms. The van der Waals surface area contributed by atoms with Crippen molar-refractivity contribution in [1.29, 1.82) is 0 Å². The highest BCUT2D eigenvalue weighted by Gasteiger charge is 2.42. The minimum atomic E-state index is -0.630. The molecule has 0 aromatic heterocycles. The highest BCUT2D eigenvalue weighted by molar-refractivity contribution is 6.04. The Bertz CT molecular complexity index is 1210. The molecule has 1 N–H and O–H groups in total. The van der Waals surface area contributed by atoms with Crippen LogP contribution in [0.3, 0.4) is 0 Å². The Morgan fingerprint density at radius 2 is 1.74 bits per heavy atom. The molecule has 0 bridgehead atoms. The van der Waals surface area contributed by atoms with E-state index < -0.39 is 11.9 Å². The van der Waals surface area contributed by atoms with E-state index in [1.807, 2.05) is 37.3 Å². The molecule has 2 unspecified atom stereocenters. The van der Waals surface area contributed by atoms with Crippen LogP contribution in [0.4, 0.5) is 0 Å². The van der Waals surface area contributed by atoms with Crippen LogP contribution < -0.4 is 19.5 Å². The van der Waals surface area contributed by atoms with Crippen molar-refractivity contribution in [3.63, 3.8) is 0 Å². The Kier molecular flexibility index (Phi) is 7.15. The first-order chi connectivity index (χ1) is 16.9. The molecule has 4 rings (SSSR count). The second kappa shape index (κ2) is 10.3. The normalized spacial score (nSPS) is 19.6. The predicted octanol–water partition coefficient (Wildman–Crippen LogP) is 4.64. The summed E-state index contributed by atoms with van der Waals surface area (Å²) < 4.78 is 21.9. The molecule has 1 aliphatic carbocycles. The van der Waals surface area contributed by atoms with Crippen LogP contribution in [0.2, 0.25) is 0 Å². The Balaban J connectivity index is 1.85. The monoisotopic (exact) mass is 477 g/mol. The van der Waals surface area contributed by atoms with Crippen molar-refractivity contribution in [3.8, 4) is 17.2 Å². The molecule has 0 fully saturated rings. The van der Waals surface area contributed by atoms with Crippen LogP contribution in [0.1, 0.15) is 49.7 Å². The third-order valence-corrected chi connectivity index (χ3v) is 6.64. The average Bonchev–Trinajstić information content (AvgIpc) is 2.87. The fourth-order valence-corrected chi connectivity index (χ4v) is 5.03. The van der Waals surface area contributed by atoms with Gasteiger partial charge in [-0.1, -0.05) is 12.1 Å². The number of ketones is 1. The van der Waals surface area contributed by atoms with Gasteiger partial charge in [0.1, 0.15) is 17.2 Å². The van der Waals surface area contributed by atoms with Crippen LogP contribution in [-0.2, 0) is 14.3 Å². The number of Topliss-reactive ketones (excluding diaryl/α,β-unsaturated/α-hetero) is 1. The number of carbonyl (C=O) groups is 2. The maximum Gasteiger partial charge on any atom is 0.336 e. The smallest absolute Gasteiger partial charge is 0.336 e. The van der Waals surface area contributed by atoms with E-state index in [0.717, 1.165) is 17.0 Å². The molecule has 7 nitrogen and oxygen atoms in total. The van der Waals surface area contributed by atoms with Crippen molar-refractivity contribution in [2.24, 2.45) is 0 Å². The second-order valence-corrected chi connectivity index (χ2v) is 8.62. The molecule has 2 aromatic carbocycles. The fourth-order valence-electron chi connectivity index (χ4n) is 5.03. The van der Waals surface area contributed by atoms with E-state index in [1.165, 1.54) is 0 Å². The van der Waals surface area contributed by atoms with Gasteiger partial charge < -0.3 is 24.3 Å². The fraction of sp³-hybridized carbons (Fsp3) is 0.357. The van der Waals surface area contributed by atoms with Crippen molar-refractivity contribution in [2.75, 3.05) is 27.9 Å². The molecule has 1 aliphatic heterocycles. The summed E-state index contributed by atoms with van der Waals surface area (Å²) in [5.74, 6) is 0.827. The van der Waals surface area contributed by atoms with E-state index in [0.29, 0.717) is 46.7 Å². The molecule has 0 radical (unpaired) electrons. The maximum atomic E-state index is 13.8. The van der Waals surface area contributed by atoms with E-state index in [1.54, 1.807) is 40.4 Å². The van der Waals surface area contributed by atoms with Crippen molar-refractivity contribution >= 4 is 11.8 Å². The first-order valence-electron chi connectivity index (χ1n) is 11.7. The van der Waals surface area contributed by atoms with Gasteiger partial charge in [-0.25, -0.2) is 4.79 Å². The first kappa shape index (κ1) is 24.4. The largest absolute Gasteiger partial charge is 0.497 e. The van der Waals surface area contributed by atoms with Gasteiger partial charge in [0.05, 0.1) is 39.4 Å². The van der Waals surface area contributed by atoms with Gasteiger partial charge in [0.2, 0.25) is 0 Å². The summed E-state index contributed by atoms with van der Waals surface area (Å²) in [6.45, 7) is 3.84. The minimum Gasteiger partial charge on any atom is -0.497 e. The average molecular weight is 478 g/mol. The molecule has 7 heteroatoms. The number of hydrogen-bond acceptors (Lipinski definition) is 7. The van der Waals surface area contributed by atoms with Crippen LogP contribution >= 0.6 is 0 Å². The highest BCUT2D eigenvalue weighted by Crippen LogP contribution is 2.48. The summed E-state index contributed by atoms with van der Waals surface area (Å²) in [5, 5.41) is 3.37. The Labute approximate surface area is 205 Å². The van der Waals surface area contributed by atoms with Gasteiger partial charge in [-0.05, 0) is 62.1 Å². The number of nitrogens with one attached hydrogen (secondary N) is 1. The van der Waals surface area contributed by atoms with Gasteiger partial charge >= 0.3 is 5.97 Å². The van der Waals surface area contributed by atoms with Crippen molar-refractivity contribution in [1.82, 2.24) is 5.32 Å². The summed E-state index contributed by atoms with van der Waals surface area (Å²) >= 11 is 0. The number of ether oxygens (including phenoxy) is 4. The van der Waals surface area contributed by atoms with Crippen LogP contribution in [0, 0.1) is 0 Å². The first-order valence-corrected chi connectivity index (χ1v) is 11.7. The molecule has 35 heavy (non-hydrogen) atoms. The lowest BCUT2D eigenvalue weighted by Crippen LogP contribution is -2.36. The van der Waals surface area contributed by atoms with Gasteiger partial charge in [0, 0.05) is 29.0 Å². The molecule has 0 amide bonds. The third kappa shape index (κ3) is 4.63. The molecule has 0 saturated heterocycles. The van der Waals surface area contributed by atoms with Crippen LogP contribution in [0.5, 0.6) is 17.2 Å². The quantitative estimate of drug-likeness (QED) is 0.582. The lowest BCUT2D eigenvalue weighted by Gasteiger charge is -2.37. The van der Waals surface area contributed by atoms with Gasteiger partial charge in [-0.2, -0.15) is 0 Å². The standard InChI is InChI=1S/C28H31NO6/c1-6-35-28(31)25-16(2)29-22-13-18(17-8-7-9-19(12-17)32-3)14-23(30)27(22)26(25)21-15-20(33-4)10-11-24(21)34-5/h7-12,15,18,26,29H,6,13-14H2,1-5H3. The number of methoxy groups -OCH3 is 3. The zero-order valence-corrected chi connectivity index (χ0v) is 20.8. The number of carbonyl (C=O) groups excluding carboxylic acids is 2. The summed E-state index contributed by atoms with van der Waals surface area (Å²) in [6.07, 6.45) is 0.954.